The quantitative estimate of drug-likeness (QED) is 0.625. The molecule has 1 aromatic heterocycles. The summed E-state index contributed by atoms with van der Waals surface area (Å²) in [4.78, 5) is 18.8. The van der Waals surface area contributed by atoms with Crippen molar-refractivity contribution in [3.63, 3.8) is 0 Å². The van der Waals surface area contributed by atoms with Crippen molar-refractivity contribution in [1.82, 2.24) is 9.97 Å². The Hall–Kier alpha value is -0.570. The van der Waals surface area contributed by atoms with Crippen molar-refractivity contribution in [3.8, 4) is 0 Å². The van der Waals surface area contributed by atoms with Crippen molar-refractivity contribution >= 4 is 22.6 Å². The van der Waals surface area contributed by atoms with E-state index in [1.165, 1.54) is 0 Å². The van der Waals surface area contributed by atoms with Gasteiger partial charge < -0.3 is 9.72 Å². The standard InChI is InChI=1S/C12H17F2IN2O2/c1-12(2,3)10-9(15)11(18)17-8(16-10)4-5-19-6-7(13)14/h7H,4-6H2,1-3H3,(H,16,17,18). The number of ether oxygens (including phenoxy) is 1. The van der Waals surface area contributed by atoms with Crippen LogP contribution in [-0.2, 0) is 16.6 Å². The van der Waals surface area contributed by atoms with Gasteiger partial charge in [0.05, 0.1) is 12.3 Å². The summed E-state index contributed by atoms with van der Waals surface area (Å²) in [6, 6.07) is 0. The Morgan fingerprint density at radius 3 is 2.58 bits per heavy atom. The highest BCUT2D eigenvalue weighted by Crippen LogP contribution is 2.22. The van der Waals surface area contributed by atoms with Crippen LogP contribution in [0.3, 0.4) is 0 Å². The molecule has 0 saturated heterocycles. The van der Waals surface area contributed by atoms with Crippen molar-refractivity contribution in [2.24, 2.45) is 0 Å². The summed E-state index contributed by atoms with van der Waals surface area (Å²) in [6.45, 7) is 5.41. The molecule has 1 aromatic rings. The van der Waals surface area contributed by atoms with E-state index in [0.29, 0.717) is 21.5 Å². The van der Waals surface area contributed by atoms with Gasteiger partial charge in [-0.2, -0.15) is 0 Å². The molecule has 0 amide bonds. The minimum absolute atomic E-state index is 0.109. The lowest BCUT2D eigenvalue weighted by Crippen LogP contribution is -2.26. The molecule has 19 heavy (non-hydrogen) atoms. The maximum atomic E-state index is 11.9. The van der Waals surface area contributed by atoms with Crippen LogP contribution in [0, 0.1) is 3.57 Å². The van der Waals surface area contributed by atoms with Gasteiger partial charge >= 0.3 is 0 Å². The van der Waals surface area contributed by atoms with Gasteiger partial charge in [0.15, 0.2) is 0 Å². The van der Waals surface area contributed by atoms with Crippen LogP contribution in [0.15, 0.2) is 4.79 Å². The maximum Gasteiger partial charge on any atom is 0.264 e. The van der Waals surface area contributed by atoms with E-state index in [9.17, 15) is 13.6 Å². The first-order valence-corrected chi connectivity index (χ1v) is 6.94. The Morgan fingerprint density at radius 1 is 1.42 bits per heavy atom. The van der Waals surface area contributed by atoms with Gasteiger partial charge in [-0.1, -0.05) is 20.8 Å². The Bertz CT molecular complexity index is 484. The first kappa shape index (κ1) is 16.5. The molecule has 0 aliphatic rings. The smallest absolute Gasteiger partial charge is 0.264 e. The predicted octanol–water partition coefficient (Wildman–Crippen LogP) is 2.50. The van der Waals surface area contributed by atoms with E-state index in [4.69, 9.17) is 4.74 Å². The van der Waals surface area contributed by atoms with Gasteiger partial charge in [-0.3, -0.25) is 4.79 Å². The summed E-state index contributed by atoms with van der Waals surface area (Å²) < 4.78 is 29.1. The van der Waals surface area contributed by atoms with E-state index in [2.05, 4.69) is 9.97 Å². The predicted molar refractivity (Wildman–Crippen MR) is 76.8 cm³/mol. The van der Waals surface area contributed by atoms with Crippen molar-refractivity contribution in [2.75, 3.05) is 13.2 Å². The lowest BCUT2D eigenvalue weighted by Gasteiger charge is -2.19. The summed E-state index contributed by atoms with van der Waals surface area (Å²) in [5.41, 5.74) is 0.258. The van der Waals surface area contributed by atoms with Crippen LogP contribution in [0.2, 0.25) is 0 Å². The van der Waals surface area contributed by atoms with E-state index in [0.717, 1.165) is 0 Å². The Morgan fingerprint density at radius 2 is 2.05 bits per heavy atom. The SMILES string of the molecule is CC(C)(C)c1nc(CCOCC(F)F)[nH]c(=O)c1I. The summed E-state index contributed by atoms with van der Waals surface area (Å²) in [5.74, 6) is 0.463. The zero-order valence-electron chi connectivity index (χ0n) is 11.1. The van der Waals surface area contributed by atoms with Crippen molar-refractivity contribution < 1.29 is 13.5 Å². The second-order valence-corrected chi connectivity index (χ2v) is 6.22. The molecule has 1 N–H and O–H groups in total. The number of halogens is 3. The van der Waals surface area contributed by atoms with E-state index in [-0.39, 0.29) is 17.6 Å². The molecule has 0 unspecified atom stereocenters. The molecule has 0 spiro atoms. The van der Waals surface area contributed by atoms with Crippen molar-refractivity contribution in [1.29, 1.82) is 0 Å². The van der Waals surface area contributed by atoms with Crippen LogP contribution in [-0.4, -0.2) is 29.6 Å². The minimum Gasteiger partial charge on any atom is -0.375 e. The van der Waals surface area contributed by atoms with E-state index >= 15 is 0 Å². The Kier molecular flexibility index (Phi) is 5.84. The minimum atomic E-state index is -2.48. The molecule has 1 rings (SSSR count). The van der Waals surface area contributed by atoms with Gasteiger partial charge in [-0.05, 0) is 22.6 Å². The topological polar surface area (TPSA) is 55.0 Å². The molecular weight excluding hydrogens is 369 g/mol. The van der Waals surface area contributed by atoms with Crippen molar-refractivity contribution in [2.45, 2.75) is 39.0 Å². The first-order valence-electron chi connectivity index (χ1n) is 5.87. The molecule has 7 heteroatoms. The molecule has 0 atom stereocenters. The molecule has 0 aliphatic heterocycles. The van der Waals surface area contributed by atoms with Gasteiger partial charge in [0.25, 0.3) is 12.0 Å². The molecule has 0 radical (unpaired) electrons. The largest absolute Gasteiger partial charge is 0.375 e. The number of rotatable bonds is 5. The highest BCUT2D eigenvalue weighted by molar-refractivity contribution is 14.1. The fraction of sp³-hybridized carbons (Fsp3) is 0.667. The fourth-order valence-corrected chi connectivity index (χ4v) is 2.53. The zero-order valence-corrected chi connectivity index (χ0v) is 13.3. The molecule has 108 valence electrons. The highest BCUT2D eigenvalue weighted by atomic mass is 127. The fourth-order valence-electron chi connectivity index (χ4n) is 1.46. The zero-order chi connectivity index (χ0) is 14.6. The second kappa shape index (κ2) is 6.74. The van der Waals surface area contributed by atoms with Crippen LogP contribution in [0.1, 0.15) is 32.3 Å². The van der Waals surface area contributed by atoms with E-state index < -0.39 is 13.0 Å². The maximum absolute atomic E-state index is 11.9. The van der Waals surface area contributed by atoms with E-state index in [1.807, 2.05) is 43.4 Å². The third kappa shape index (κ3) is 5.13. The molecule has 0 aromatic carbocycles. The third-order valence-electron chi connectivity index (χ3n) is 2.35. The Labute approximate surface area is 124 Å². The lowest BCUT2D eigenvalue weighted by atomic mass is 9.92. The third-order valence-corrected chi connectivity index (χ3v) is 3.35. The molecule has 0 aliphatic carbocycles. The van der Waals surface area contributed by atoms with Gasteiger partial charge in [0.1, 0.15) is 16.0 Å². The summed E-state index contributed by atoms with van der Waals surface area (Å²) in [7, 11) is 0. The van der Waals surface area contributed by atoms with Gasteiger partial charge in [-0.15, -0.1) is 0 Å². The summed E-state index contributed by atoms with van der Waals surface area (Å²) >= 11 is 1.96. The van der Waals surface area contributed by atoms with Crippen LogP contribution in [0.25, 0.3) is 0 Å². The monoisotopic (exact) mass is 386 g/mol. The molecule has 0 saturated carbocycles. The van der Waals surface area contributed by atoms with Gasteiger partial charge in [0.2, 0.25) is 0 Å². The summed E-state index contributed by atoms with van der Waals surface area (Å²) in [6.07, 6.45) is -2.17. The number of hydrogen-bond donors (Lipinski definition) is 1. The molecule has 0 fully saturated rings. The van der Waals surface area contributed by atoms with Gasteiger partial charge in [0, 0.05) is 11.8 Å². The van der Waals surface area contributed by atoms with Crippen LogP contribution < -0.4 is 5.56 Å². The van der Waals surface area contributed by atoms with E-state index in [1.54, 1.807) is 0 Å². The number of alkyl halides is 2. The number of nitrogens with zero attached hydrogens (tertiary/aromatic N) is 1. The molecule has 4 nitrogen and oxygen atoms in total. The normalized spacial score (nSPS) is 12.2. The van der Waals surface area contributed by atoms with Crippen LogP contribution >= 0.6 is 22.6 Å². The first-order chi connectivity index (χ1) is 8.71. The van der Waals surface area contributed by atoms with Crippen LogP contribution in [0.4, 0.5) is 8.78 Å². The van der Waals surface area contributed by atoms with Gasteiger partial charge in [-0.25, -0.2) is 13.8 Å². The highest BCUT2D eigenvalue weighted by Gasteiger charge is 2.21. The molecule has 0 bridgehead atoms. The number of aromatic amines is 1. The summed E-state index contributed by atoms with van der Waals surface area (Å²) in [5, 5.41) is 0. The lowest BCUT2D eigenvalue weighted by molar-refractivity contribution is 0.0182. The van der Waals surface area contributed by atoms with Crippen LogP contribution in [0.5, 0.6) is 0 Å². The molecule has 1 heterocycles. The Balaban J connectivity index is 2.81. The average molecular weight is 386 g/mol. The molecular formula is C12H17F2IN2O2. The number of nitrogens with one attached hydrogen (secondary N) is 1. The number of H-pyrrole nitrogens is 1. The average Bonchev–Trinajstić information content (AvgIpc) is 2.27. The number of hydrogen-bond acceptors (Lipinski definition) is 3. The number of aromatic nitrogens is 2. The van der Waals surface area contributed by atoms with Crippen molar-refractivity contribution in [3.05, 3.63) is 25.4 Å². The second-order valence-electron chi connectivity index (χ2n) is 5.14.